The van der Waals surface area contributed by atoms with Crippen molar-refractivity contribution < 1.29 is 14.6 Å². The SMILES string of the molecule is Oc1ccc2c(Oc3ccc(OCCC4CCCCN4)cc3)c(Br)sc2c1. The van der Waals surface area contributed by atoms with Crippen LogP contribution in [0.15, 0.2) is 46.3 Å². The van der Waals surface area contributed by atoms with Crippen molar-refractivity contribution in [2.45, 2.75) is 31.7 Å². The van der Waals surface area contributed by atoms with Crippen molar-refractivity contribution in [1.29, 1.82) is 0 Å². The normalized spacial score (nSPS) is 17.1. The zero-order valence-corrected chi connectivity index (χ0v) is 17.3. The van der Waals surface area contributed by atoms with Crippen LogP contribution in [0.25, 0.3) is 10.1 Å². The second-order valence-electron chi connectivity index (χ2n) is 6.74. The first-order chi connectivity index (χ1) is 13.2. The number of hydrogen-bond acceptors (Lipinski definition) is 5. The maximum absolute atomic E-state index is 9.64. The van der Waals surface area contributed by atoms with Gasteiger partial charge in [-0.05, 0) is 84.2 Å². The van der Waals surface area contributed by atoms with Gasteiger partial charge in [0.15, 0.2) is 5.75 Å². The van der Waals surface area contributed by atoms with Gasteiger partial charge in [-0.25, -0.2) is 0 Å². The number of halogens is 1. The molecule has 2 N–H and O–H groups in total. The van der Waals surface area contributed by atoms with Gasteiger partial charge in [-0.3, -0.25) is 0 Å². The maximum Gasteiger partial charge on any atom is 0.160 e. The number of phenolic OH excluding ortho intramolecular Hbond substituents is 1. The zero-order chi connectivity index (χ0) is 18.6. The predicted octanol–water partition coefficient (Wildman–Crippen LogP) is 6.07. The second-order valence-corrected chi connectivity index (χ2v) is 9.11. The molecule has 0 radical (unpaired) electrons. The number of hydrogen-bond donors (Lipinski definition) is 2. The molecule has 0 saturated carbocycles. The first kappa shape index (κ1) is 18.6. The van der Waals surface area contributed by atoms with E-state index in [0.29, 0.717) is 6.04 Å². The summed E-state index contributed by atoms with van der Waals surface area (Å²) in [5, 5.41) is 14.2. The zero-order valence-electron chi connectivity index (χ0n) is 14.9. The molecule has 1 unspecified atom stereocenters. The Bertz CT molecular complexity index is 904. The van der Waals surface area contributed by atoms with Gasteiger partial charge in [-0.15, -0.1) is 11.3 Å². The van der Waals surface area contributed by atoms with Crippen molar-refractivity contribution in [3.8, 4) is 23.0 Å². The van der Waals surface area contributed by atoms with Gasteiger partial charge < -0.3 is 19.9 Å². The number of piperidine rings is 1. The molecule has 0 spiro atoms. The molecular weight excluding hydrogens is 426 g/mol. The average Bonchev–Trinajstić information content (AvgIpc) is 2.98. The summed E-state index contributed by atoms with van der Waals surface area (Å²) >= 11 is 5.10. The molecule has 4 rings (SSSR count). The van der Waals surface area contributed by atoms with Gasteiger partial charge >= 0.3 is 0 Å². The van der Waals surface area contributed by atoms with Crippen molar-refractivity contribution in [3.05, 3.63) is 46.3 Å². The second kappa shape index (κ2) is 8.50. The summed E-state index contributed by atoms with van der Waals surface area (Å²) in [5.41, 5.74) is 0. The fourth-order valence-corrected chi connectivity index (χ4v) is 5.04. The number of aromatic hydroxyl groups is 1. The molecule has 1 fully saturated rings. The Hall–Kier alpha value is -1.76. The number of thiophene rings is 1. The molecule has 0 amide bonds. The van der Waals surface area contributed by atoms with Gasteiger partial charge in [0.1, 0.15) is 21.0 Å². The lowest BCUT2D eigenvalue weighted by molar-refractivity contribution is 0.268. The standard InChI is InChI=1S/C21H22BrNO3S/c22-21-20(18-9-4-15(24)13-19(18)27-21)26-17-7-5-16(6-8-17)25-12-10-14-3-1-2-11-23-14/h4-9,13-14,23-24H,1-3,10-12H2. The highest BCUT2D eigenvalue weighted by Gasteiger charge is 2.14. The largest absolute Gasteiger partial charge is 0.508 e. The summed E-state index contributed by atoms with van der Waals surface area (Å²) in [6.45, 7) is 1.85. The van der Waals surface area contributed by atoms with E-state index in [9.17, 15) is 5.11 Å². The van der Waals surface area contributed by atoms with Gasteiger partial charge in [-0.1, -0.05) is 6.42 Å². The lowest BCUT2D eigenvalue weighted by Gasteiger charge is -2.23. The van der Waals surface area contributed by atoms with Crippen LogP contribution >= 0.6 is 27.3 Å². The Balaban J connectivity index is 1.37. The smallest absolute Gasteiger partial charge is 0.160 e. The molecule has 2 heterocycles. The minimum absolute atomic E-state index is 0.257. The predicted molar refractivity (Wildman–Crippen MR) is 113 cm³/mol. The molecule has 1 aliphatic heterocycles. The summed E-state index contributed by atoms with van der Waals surface area (Å²) < 4.78 is 13.8. The van der Waals surface area contributed by atoms with E-state index >= 15 is 0 Å². The highest BCUT2D eigenvalue weighted by Crippen LogP contribution is 2.44. The highest BCUT2D eigenvalue weighted by molar-refractivity contribution is 9.11. The van der Waals surface area contributed by atoms with Crippen LogP contribution in [0.5, 0.6) is 23.0 Å². The molecule has 1 atom stereocenters. The average molecular weight is 448 g/mol. The fraction of sp³-hybridized carbons (Fsp3) is 0.333. The summed E-state index contributed by atoms with van der Waals surface area (Å²) in [6, 6.07) is 13.6. The van der Waals surface area contributed by atoms with E-state index in [0.717, 1.165) is 50.7 Å². The molecule has 1 aromatic heterocycles. The number of phenols is 1. The Kier molecular flexibility index (Phi) is 5.86. The fourth-order valence-electron chi connectivity index (χ4n) is 3.34. The van der Waals surface area contributed by atoms with Crippen LogP contribution in [0.1, 0.15) is 25.7 Å². The number of rotatable bonds is 6. The Labute approximate surface area is 171 Å². The van der Waals surface area contributed by atoms with Gasteiger partial charge in [-0.2, -0.15) is 0 Å². The van der Waals surface area contributed by atoms with E-state index in [1.54, 1.807) is 23.5 Å². The van der Waals surface area contributed by atoms with Gasteiger partial charge in [0, 0.05) is 16.1 Å². The Morgan fingerprint density at radius 1 is 1.11 bits per heavy atom. The Morgan fingerprint density at radius 2 is 1.93 bits per heavy atom. The monoisotopic (exact) mass is 447 g/mol. The van der Waals surface area contributed by atoms with E-state index in [-0.39, 0.29) is 5.75 Å². The highest BCUT2D eigenvalue weighted by atomic mass is 79.9. The van der Waals surface area contributed by atoms with E-state index in [1.165, 1.54) is 19.3 Å². The molecule has 3 aromatic rings. The minimum atomic E-state index is 0.257. The van der Waals surface area contributed by atoms with E-state index in [1.807, 2.05) is 30.3 Å². The summed E-state index contributed by atoms with van der Waals surface area (Å²) in [4.78, 5) is 0. The molecule has 27 heavy (non-hydrogen) atoms. The van der Waals surface area contributed by atoms with Crippen LogP contribution < -0.4 is 14.8 Å². The van der Waals surface area contributed by atoms with Crippen LogP contribution in [0.4, 0.5) is 0 Å². The van der Waals surface area contributed by atoms with E-state index in [2.05, 4.69) is 21.2 Å². The molecule has 2 aromatic carbocycles. The summed E-state index contributed by atoms with van der Waals surface area (Å²) in [5.74, 6) is 2.64. The molecule has 4 nitrogen and oxygen atoms in total. The van der Waals surface area contributed by atoms with Crippen LogP contribution in [-0.2, 0) is 0 Å². The Morgan fingerprint density at radius 3 is 2.70 bits per heavy atom. The quantitative estimate of drug-likeness (QED) is 0.481. The minimum Gasteiger partial charge on any atom is -0.508 e. The van der Waals surface area contributed by atoms with Crippen LogP contribution in [-0.4, -0.2) is 24.3 Å². The first-order valence-electron chi connectivity index (χ1n) is 9.24. The van der Waals surface area contributed by atoms with Crippen molar-refractivity contribution in [1.82, 2.24) is 5.32 Å². The maximum atomic E-state index is 9.64. The lowest BCUT2D eigenvalue weighted by Crippen LogP contribution is -2.35. The molecule has 1 aliphatic rings. The number of ether oxygens (including phenoxy) is 2. The molecule has 0 bridgehead atoms. The van der Waals surface area contributed by atoms with Crippen molar-refractivity contribution in [3.63, 3.8) is 0 Å². The molecular formula is C21H22BrNO3S. The van der Waals surface area contributed by atoms with Crippen molar-refractivity contribution >= 4 is 37.4 Å². The lowest BCUT2D eigenvalue weighted by atomic mass is 10.0. The number of benzene rings is 2. The van der Waals surface area contributed by atoms with E-state index in [4.69, 9.17) is 9.47 Å². The van der Waals surface area contributed by atoms with Gasteiger partial charge in [0.2, 0.25) is 0 Å². The third-order valence-electron chi connectivity index (χ3n) is 4.78. The molecule has 6 heteroatoms. The van der Waals surface area contributed by atoms with E-state index < -0.39 is 0 Å². The summed E-state index contributed by atoms with van der Waals surface area (Å²) in [7, 11) is 0. The molecule has 0 aliphatic carbocycles. The van der Waals surface area contributed by atoms with Crippen LogP contribution in [0.3, 0.4) is 0 Å². The first-order valence-corrected chi connectivity index (χ1v) is 10.8. The molecule has 142 valence electrons. The third-order valence-corrected chi connectivity index (χ3v) is 6.55. The van der Waals surface area contributed by atoms with Crippen LogP contribution in [0, 0.1) is 0 Å². The topological polar surface area (TPSA) is 50.7 Å². The third kappa shape index (κ3) is 4.57. The van der Waals surface area contributed by atoms with Gasteiger partial charge in [0.05, 0.1) is 6.61 Å². The number of fused-ring (bicyclic) bond motifs is 1. The van der Waals surface area contributed by atoms with Gasteiger partial charge in [0.25, 0.3) is 0 Å². The number of nitrogens with one attached hydrogen (secondary N) is 1. The molecule has 1 saturated heterocycles. The van der Waals surface area contributed by atoms with Crippen molar-refractivity contribution in [2.24, 2.45) is 0 Å². The summed E-state index contributed by atoms with van der Waals surface area (Å²) in [6.07, 6.45) is 4.89. The van der Waals surface area contributed by atoms with Crippen molar-refractivity contribution in [2.75, 3.05) is 13.2 Å². The van der Waals surface area contributed by atoms with Crippen LogP contribution in [0.2, 0.25) is 0 Å².